The molecule has 0 aromatic heterocycles. The van der Waals surface area contributed by atoms with Crippen molar-refractivity contribution in [3.63, 3.8) is 0 Å². The van der Waals surface area contributed by atoms with Gasteiger partial charge in [-0.2, -0.15) is 0 Å². The number of aryl methyl sites for hydroxylation is 1. The summed E-state index contributed by atoms with van der Waals surface area (Å²) >= 11 is 0. The third-order valence-electron chi connectivity index (χ3n) is 4.56. The number of hydrogen-bond donors (Lipinski definition) is 3. The second-order valence-corrected chi connectivity index (χ2v) is 6.48. The van der Waals surface area contributed by atoms with Gasteiger partial charge in [0.25, 0.3) is 0 Å². The van der Waals surface area contributed by atoms with Gasteiger partial charge in [-0.25, -0.2) is 4.99 Å². The van der Waals surface area contributed by atoms with Crippen molar-refractivity contribution >= 4 is 35.8 Å². The molecule has 0 bridgehead atoms. The fourth-order valence-corrected chi connectivity index (χ4v) is 3.19. The molecule has 0 spiro atoms. The smallest absolute Gasteiger partial charge is 0.231 e. The molecule has 0 unspecified atom stereocenters. The van der Waals surface area contributed by atoms with Crippen molar-refractivity contribution in [3.05, 3.63) is 35.4 Å². The molecule has 146 valence electrons. The maximum absolute atomic E-state index is 11.0. The van der Waals surface area contributed by atoms with E-state index in [9.17, 15) is 4.79 Å². The quantitative estimate of drug-likeness (QED) is 0.321. The summed E-state index contributed by atoms with van der Waals surface area (Å²) in [5, 5.41) is 6.87. The van der Waals surface area contributed by atoms with E-state index in [1.807, 2.05) is 0 Å². The van der Waals surface area contributed by atoms with Gasteiger partial charge in [0.2, 0.25) is 5.91 Å². The molecule has 2 rings (SSSR count). The molecule has 1 aliphatic heterocycles. The normalized spacial score (nSPS) is 16.0. The molecule has 1 amide bonds. The summed E-state index contributed by atoms with van der Waals surface area (Å²) in [7, 11) is 0. The van der Waals surface area contributed by atoms with E-state index < -0.39 is 0 Å². The Bertz CT molecular complexity index is 585. The van der Waals surface area contributed by atoms with E-state index in [2.05, 4.69) is 53.6 Å². The van der Waals surface area contributed by atoms with Crippen LogP contribution < -0.4 is 16.4 Å². The minimum atomic E-state index is -0.254. The number of benzene rings is 1. The summed E-state index contributed by atoms with van der Waals surface area (Å²) < 4.78 is 0. The van der Waals surface area contributed by atoms with Gasteiger partial charge in [-0.3, -0.25) is 9.69 Å². The van der Waals surface area contributed by atoms with Crippen LogP contribution in [0.3, 0.4) is 0 Å². The molecule has 0 atom stereocenters. The molecule has 1 saturated heterocycles. The molecule has 4 N–H and O–H groups in total. The average Bonchev–Trinajstić information content (AvgIpc) is 2.61. The topological polar surface area (TPSA) is 82.8 Å². The molecule has 1 fully saturated rings. The third kappa shape index (κ3) is 7.49. The van der Waals surface area contributed by atoms with E-state index in [0.717, 1.165) is 44.9 Å². The predicted octanol–water partition coefficient (Wildman–Crippen LogP) is 1.87. The molecule has 0 aliphatic carbocycles. The Labute approximate surface area is 174 Å². The van der Waals surface area contributed by atoms with Crippen LogP contribution in [0, 0.1) is 0 Å². The highest BCUT2D eigenvalue weighted by molar-refractivity contribution is 14.0. The van der Waals surface area contributed by atoms with Crippen LogP contribution in [-0.2, 0) is 17.8 Å². The number of guanidine groups is 1. The highest BCUT2D eigenvalue weighted by Gasteiger charge is 2.20. The van der Waals surface area contributed by atoms with Crippen LogP contribution in [-0.4, -0.2) is 49.0 Å². The molecule has 1 heterocycles. The third-order valence-corrected chi connectivity index (χ3v) is 4.56. The molecule has 1 aromatic rings. The fourth-order valence-electron chi connectivity index (χ4n) is 3.19. The average molecular weight is 473 g/mol. The van der Waals surface area contributed by atoms with Crippen LogP contribution in [0.15, 0.2) is 29.3 Å². The van der Waals surface area contributed by atoms with E-state index in [4.69, 9.17) is 10.7 Å². The SMILES string of the molecule is CCNC(=NCc1ccccc1CC)NC1CCN(CC(N)=O)CC1.I. The number of rotatable bonds is 7. The Hall–Kier alpha value is -1.35. The van der Waals surface area contributed by atoms with E-state index in [0.29, 0.717) is 19.1 Å². The van der Waals surface area contributed by atoms with Gasteiger partial charge >= 0.3 is 0 Å². The maximum Gasteiger partial charge on any atom is 0.231 e. The first-order chi connectivity index (χ1) is 12.1. The number of hydrogen-bond acceptors (Lipinski definition) is 3. The number of nitrogens with one attached hydrogen (secondary N) is 2. The zero-order valence-corrected chi connectivity index (χ0v) is 18.2. The number of piperidine rings is 1. The second kappa shape index (κ2) is 12.1. The van der Waals surface area contributed by atoms with Gasteiger partial charge in [0, 0.05) is 25.7 Å². The molecular formula is C19H32IN5O. The number of amides is 1. The predicted molar refractivity (Wildman–Crippen MR) is 118 cm³/mol. The molecule has 7 heteroatoms. The van der Waals surface area contributed by atoms with Crippen molar-refractivity contribution in [3.8, 4) is 0 Å². The number of aliphatic imine (C=N–C) groups is 1. The van der Waals surface area contributed by atoms with Gasteiger partial charge < -0.3 is 16.4 Å². The molecule has 0 saturated carbocycles. The van der Waals surface area contributed by atoms with E-state index in [1.54, 1.807) is 0 Å². The molecule has 1 aliphatic rings. The minimum Gasteiger partial charge on any atom is -0.369 e. The Kier molecular flexibility index (Phi) is 10.6. The van der Waals surface area contributed by atoms with Gasteiger partial charge in [-0.05, 0) is 37.3 Å². The summed E-state index contributed by atoms with van der Waals surface area (Å²) in [5.74, 6) is 0.609. The van der Waals surface area contributed by atoms with E-state index >= 15 is 0 Å². The van der Waals surface area contributed by atoms with Crippen LogP contribution in [0.2, 0.25) is 0 Å². The highest BCUT2D eigenvalue weighted by Crippen LogP contribution is 2.12. The van der Waals surface area contributed by atoms with Gasteiger partial charge in [-0.1, -0.05) is 31.2 Å². The van der Waals surface area contributed by atoms with Gasteiger partial charge in [0.15, 0.2) is 5.96 Å². The summed E-state index contributed by atoms with van der Waals surface area (Å²) in [6, 6.07) is 8.84. The van der Waals surface area contributed by atoms with Crippen LogP contribution in [0.5, 0.6) is 0 Å². The molecule has 26 heavy (non-hydrogen) atoms. The molecule has 0 radical (unpaired) electrons. The Morgan fingerprint density at radius 2 is 1.88 bits per heavy atom. The second-order valence-electron chi connectivity index (χ2n) is 6.48. The van der Waals surface area contributed by atoms with Gasteiger partial charge in [-0.15, -0.1) is 24.0 Å². The van der Waals surface area contributed by atoms with Crippen molar-refractivity contribution in [1.29, 1.82) is 0 Å². The first kappa shape index (κ1) is 22.7. The maximum atomic E-state index is 11.0. The zero-order valence-electron chi connectivity index (χ0n) is 15.8. The molecule has 6 nitrogen and oxygen atoms in total. The summed E-state index contributed by atoms with van der Waals surface area (Å²) in [6.07, 6.45) is 3.00. The van der Waals surface area contributed by atoms with E-state index in [-0.39, 0.29) is 29.9 Å². The Morgan fingerprint density at radius 1 is 1.23 bits per heavy atom. The summed E-state index contributed by atoms with van der Waals surface area (Å²) in [5.41, 5.74) is 7.90. The van der Waals surface area contributed by atoms with Crippen molar-refractivity contribution in [2.45, 2.75) is 45.7 Å². The lowest BCUT2D eigenvalue weighted by Crippen LogP contribution is -2.49. The van der Waals surface area contributed by atoms with Crippen LogP contribution in [0.25, 0.3) is 0 Å². The lowest BCUT2D eigenvalue weighted by molar-refractivity contribution is -0.119. The van der Waals surface area contributed by atoms with Crippen LogP contribution in [0.1, 0.15) is 37.8 Å². The molecule has 1 aromatic carbocycles. The lowest BCUT2D eigenvalue weighted by Gasteiger charge is -2.32. The summed E-state index contributed by atoms with van der Waals surface area (Å²) in [6.45, 7) is 7.90. The Balaban J connectivity index is 0.00000338. The largest absolute Gasteiger partial charge is 0.369 e. The summed E-state index contributed by atoms with van der Waals surface area (Å²) in [4.78, 5) is 17.9. The number of carbonyl (C=O) groups is 1. The van der Waals surface area contributed by atoms with Gasteiger partial charge in [0.1, 0.15) is 0 Å². The monoisotopic (exact) mass is 473 g/mol. The number of carbonyl (C=O) groups excluding carboxylic acids is 1. The van der Waals surface area contributed by atoms with Crippen LogP contribution >= 0.6 is 24.0 Å². The number of likely N-dealkylation sites (tertiary alicyclic amines) is 1. The standard InChI is InChI=1S/C19H31N5O.HI/c1-3-15-7-5-6-8-16(15)13-22-19(21-4-2)23-17-9-11-24(12-10-17)14-18(20)25;/h5-8,17H,3-4,9-14H2,1-2H3,(H2,20,25)(H2,21,22,23);1H. The van der Waals surface area contributed by atoms with Crippen molar-refractivity contribution in [1.82, 2.24) is 15.5 Å². The van der Waals surface area contributed by atoms with E-state index in [1.165, 1.54) is 11.1 Å². The van der Waals surface area contributed by atoms with Gasteiger partial charge in [0.05, 0.1) is 13.1 Å². The zero-order chi connectivity index (χ0) is 18.1. The van der Waals surface area contributed by atoms with Crippen molar-refractivity contribution < 1.29 is 4.79 Å². The van der Waals surface area contributed by atoms with Crippen LogP contribution in [0.4, 0.5) is 0 Å². The van der Waals surface area contributed by atoms with Crippen molar-refractivity contribution in [2.75, 3.05) is 26.2 Å². The number of nitrogens with two attached hydrogens (primary N) is 1. The first-order valence-corrected chi connectivity index (χ1v) is 9.24. The highest BCUT2D eigenvalue weighted by atomic mass is 127. The Morgan fingerprint density at radius 3 is 2.46 bits per heavy atom. The van der Waals surface area contributed by atoms with Crippen molar-refractivity contribution in [2.24, 2.45) is 10.7 Å². The minimum absolute atomic E-state index is 0. The number of halogens is 1. The number of nitrogens with zero attached hydrogens (tertiary/aromatic N) is 2. The first-order valence-electron chi connectivity index (χ1n) is 9.24. The fraction of sp³-hybridized carbons (Fsp3) is 0.579. The lowest BCUT2D eigenvalue weighted by atomic mass is 10.1. The number of primary amides is 1. The molecular weight excluding hydrogens is 441 g/mol.